The van der Waals surface area contributed by atoms with Crippen LogP contribution in [0.1, 0.15) is 92.1 Å². The van der Waals surface area contributed by atoms with E-state index in [9.17, 15) is 57.4 Å². The first kappa shape index (κ1) is 60.2. The number of hydrogen-bond acceptors (Lipinski definition) is 12. The number of aliphatic hydroxyl groups is 1. The van der Waals surface area contributed by atoms with E-state index in [4.69, 9.17) is 34.4 Å². The molecule has 0 radical (unpaired) electrons. The van der Waals surface area contributed by atoms with Gasteiger partial charge in [0.15, 0.2) is 11.9 Å². The number of hydrogen-bond donors (Lipinski definition) is 13. The van der Waals surface area contributed by atoms with E-state index in [2.05, 4.69) is 36.6 Å². The Hall–Kier alpha value is -6.86. The van der Waals surface area contributed by atoms with Gasteiger partial charge in [0.05, 0.1) is 6.10 Å². The van der Waals surface area contributed by atoms with Crippen LogP contribution in [-0.2, 0) is 44.8 Å². The average Bonchev–Trinajstić information content (AvgIpc) is 3.23. The smallest absolute Gasteiger partial charge is 0.245 e. The highest BCUT2D eigenvalue weighted by Gasteiger charge is 2.37. The Bertz CT molecular complexity index is 1990. The van der Waals surface area contributed by atoms with Gasteiger partial charge < -0.3 is 76.1 Å². The number of amides is 8. The molecule has 0 saturated heterocycles. The quantitative estimate of drug-likeness (QED) is 0.0208. The third-order valence-corrected chi connectivity index (χ3v) is 10.7. The second kappa shape index (κ2) is 29.1. The Kier molecular flexibility index (Phi) is 25.4. The average molecular weight is 983 g/mol. The minimum Gasteiger partial charge on any atom is -0.508 e. The third kappa shape index (κ3) is 21.3. The van der Waals surface area contributed by atoms with E-state index in [0.717, 1.165) is 11.9 Å². The van der Waals surface area contributed by atoms with Crippen molar-refractivity contribution in [2.24, 2.45) is 62.1 Å². The largest absolute Gasteiger partial charge is 0.508 e. The molecule has 0 saturated carbocycles. The van der Waals surface area contributed by atoms with E-state index in [1.807, 2.05) is 13.8 Å². The number of aliphatic hydroxyl groups excluding tert-OH is 1. The molecule has 69 heavy (non-hydrogen) atoms. The molecule has 0 aromatic heterocycles. The van der Waals surface area contributed by atoms with E-state index in [1.54, 1.807) is 20.8 Å². The number of benzene rings is 1. The summed E-state index contributed by atoms with van der Waals surface area (Å²) < 4.78 is 29.4. The van der Waals surface area contributed by atoms with Crippen LogP contribution in [-0.4, -0.2) is 137 Å². The summed E-state index contributed by atoms with van der Waals surface area (Å²) in [4.78, 5) is 116. The summed E-state index contributed by atoms with van der Waals surface area (Å²) in [5.74, 6) is -12.0. The van der Waals surface area contributed by atoms with Crippen molar-refractivity contribution < 1.29 is 57.4 Å². The first-order valence-electron chi connectivity index (χ1n) is 22.4. The molecule has 8 atom stereocenters. The van der Waals surface area contributed by atoms with Crippen molar-refractivity contribution in [2.45, 2.75) is 135 Å². The molecule has 0 heterocycles. The van der Waals surface area contributed by atoms with Gasteiger partial charge in [-0.2, -0.15) is 0 Å². The summed E-state index contributed by atoms with van der Waals surface area (Å²) in [6.45, 7) is 10.0. The normalized spacial score (nSPS) is 14.6. The first-order chi connectivity index (χ1) is 32.1. The fourth-order valence-electron chi connectivity index (χ4n) is 7.02. The van der Waals surface area contributed by atoms with Gasteiger partial charge in [-0.15, -0.1) is 0 Å². The van der Waals surface area contributed by atoms with Crippen molar-refractivity contribution in [3.8, 4) is 5.75 Å². The first-order valence-corrected chi connectivity index (χ1v) is 22.4. The van der Waals surface area contributed by atoms with Gasteiger partial charge in [0, 0.05) is 56.6 Å². The predicted octanol–water partition coefficient (Wildman–Crippen LogP) is -2.96. The zero-order chi connectivity index (χ0) is 52.9. The molecule has 0 aliphatic carbocycles. The number of aromatic hydroxyl groups is 1. The summed E-state index contributed by atoms with van der Waals surface area (Å²) in [5.41, 5.74) is 32.0. The SMILES string of the molecule is CC(C)C[C@H](C)C(=O)N[C@H](C(=O)N[C@H](C(=O)N[C@@H](CCCN=C(N)N)C(=O)N[C@@H](CCC(N)=O)C(=O)N(C)[C@@H](CCCN=C(N)N)C(=O)N[C@@H](Cc1c(F)cc(O)cc1F)C(N)=O)[C@@H](C)O)C(C)C. The standard InChI is InChI=1S/C43H72F2N14O10/c1-20(2)16-22(5)36(64)57-33(21(3)4)39(67)58-34(23(6)60)40(68)54-28(10-8-14-52-42(48)49)37(65)55-29(12-13-32(46)62)41(69)59(7)31(11-9-15-53-43(50)51)38(66)56-30(35(47)63)19-25-26(44)17-24(61)18-27(25)45/h17-18,20-23,28-31,33-34,60-61H,8-16,19H2,1-7H3,(H2,46,62)(H2,47,63)(H,54,68)(H,55,65)(H,56,66)(H,57,64)(H,58,67)(H4,48,49,52)(H4,50,51,53)/t22-,23+,28-,29-,30-,31-,33-,34-/m0/s1. The molecule has 0 aliphatic heterocycles. The molecule has 24 nitrogen and oxygen atoms in total. The molecule has 8 amide bonds. The lowest BCUT2D eigenvalue weighted by Crippen LogP contribution is -2.62. The molecule has 1 rings (SSSR count). The lowest BCUT2D eigenvalue weighted by atomic mass is 9.96. The highest BCUT2D eigenvalue weighted by Crippen LogP contribution is 2.22. The number of nitrogens with two attached hydrogens (primary N) is 6. The molecular formula is C43H72F2N14O10. The van der Waals surface area contributed by atoms with Gasteiger partial charge in [0.25, 0.3) is 0 Å². The second-order valence-electron chi connectivity index (χ2n) is 17.5. The summed E-state index contributed by atoms with van der Waals surface area (Å²) in [6.07, 6.45) is -3.10. The number of nitrogens with zero attached hydrogens (tertiary/aromatic N) is 3. The zero-order valence-corrected chi connectivity index (χ0v) is 40.2. The summed E-state index contributed by atoms with van der Waals surface area (Å²) in [5, 5.41) is 32.7. The van der Waals surface area contributed by atoms with Crippen molar-refractivity contribution in [2.75, 3.05) is 20.1 Å². The number of likely N-dealkylation sites (N-methyl/N-ethyl adjacent to an activating group) is 1. The zero-order valence-electron chi connectivity index (χ0n) is 40.2. The van der Waals surface area contributed by atoms with Crippen molar-refractivity contribution >= 4 is 59.2 Å². The monoisotopic (exact) mass is 983 g/mol. The molecule has 388 valence electrons. The van der Waals surface area contributed by atoms with Crippen LogP contribution in [0.5, 0.6) is 5.75 Å². The third-order valence-electron chi connectivity index (χ3n) is 10.7. The molecule has 19 N–H and O–H groups in total. The number of phenolic OH excluding ortho intramolecular Hbond substituents is 1. The number of carbonyl (C=O) groups excluding carboxylic acids is 8. The number of halogens is 2. The van der Waals surface area contributed by atoms with Gasteiger partial charge in [-0.3, -0.25) is 48.3 Å². The van der Waals surface area contributed by atoms with Crippen molar-refractivity contribution in [3.63, 3.8) is 0 Å². The van der Waals surface area contributed by atoms with Crippen LogP contribution in [0.2, 0.25) is 0 Å². The lowest BCUT2D eigenvalue weighted by molar-refractivity contribution is -0.143. The lowest BCUT2D eigenvalue weighted by Gasteiger charge is -2.32. The number of nitrogens with one attached hydrogen (secondary N) is 5. The maximum Gasteiger partial charge on any atom is 0.245 e. The summed E-state index contributed by atoms with van der Waals surface area (Å²) in [6, 6.07) is -8.10. The van der Waals surface area contributed by atoms with Gasteiger partial charge in [-0.25, -0.2) is 8.78 Å². The van der Waals surface area contributed by atoms with E-state index < -0.39 is 144 Å². The Labute approximate surface area is 399 Å². The molecule has 1 aromatic rings. The van der Waals surface area contributed by atoms with E-state index in [0.29, 0.717) is 18.6 Å². The van der Waals surface area contributed by atoms with Crippen molar-refractivity contribution in [3.05, 3.63) is 29.3 Å². The maximum absolute atomic E-state index is 14.7. The number of carbonyl (C=O) groups is 8. The highest BCUT2D eigenvalue weighted by molar-refractivity contribution is 5.97. The molecule has 0 spiro atoms. The van der Waals surface area contributed by atoms with Gasteiger partial charge in [0.2, 0.25) is 47.3 Å². The molecule has 26 heteroatoms. The van der Waals surface area contributed by atoms with E-state index in [1.165, 1.54) is 6.92 Å². The number of aliphatic imine (C=N–C) groups is 2. The minimum absolute atomic E-state index is 0.0286. The molecule has 0 fully saturated rings. The van der Waals surface area contributed by atoms with Crippen molar-refractivity contribution in [1.82, 2.24) is 31.5 Å². The van der Waals surface area contributed by atoms with Gasteiger partial charge in [-0.05, 0) is 57.3 Å². The van der Waals surface area contributed by atoms with Gasteiger partial charge in [-0.1, -0.05) is 34.6 Å². The number of rotatable bonds is 30. The van der Waals surface area contributed by atoms with Crippen LogP contribution in [0.3, 0.4) is 0 Å². The number of phenols is 1. The van der Waals surface area contributed by atoms with Crippen LogP contribution < -0.4 is 61.0 Å². The molecular weight excluding hydrogens is 911 g/mol. The van der Waals surface area contributed by atoms with E-state index in [-0.39, 0.29) is 56.6 Å². The molecule has 0 aliphatic rings. The maximum atomic E-state index is 14.7. The second-order valence-corrected chi connectivity index (χ2v) is 17.5. The topological polar surface area (TPSA) is 421 Å². The van der Waals surface area contributed by atoms with Crippen molar-refractivity contribution in [1.29, 1.82) is 0 Å². The Balaban J connectivity index is 3.62. The molecule has 0 unspecified atom stereocenters. The van der Waals surface area contributed by atoms with Crippen LogP contribution in [0.15, 0.2) is 22.1 Å². The number of primary amides is 2. The Morgan fingerprint density at radius 1 is 0.652 bits per heavy atom. The van der Waals surface area contributed by atoms with Gasteiger partial charge in [0.1, 0.15) is 53.6 Å². The van der Waals surface area contributed by atoms with Crippen LogP contribution in [0, 0.1) is 29.4 Å². The summed E-state index contributed by atoms with van der Waals surface area (Å²) in [7, 11) is 1.15. The molecule has 0 bridgehead atoms. The Morgan fingerprint density at radius 2 is 1.14 bits per heavy atom. The number of guanidine groups is 2. The molecule has 1 aromatic carbocycles. The fourth-order valence-corrected chi connectivity index (χ4v) is 7.02. The summed E-state index contributed by atoms with van der Waals surface area (Å²) >= 11 is 0. The Morgan fingerprint density at radius 3 is 1.62 bits per heavy atom. The van der Waals surface area contributed by atoms with Crippen LogP contribution in [0.4, 0.5) is 8.78 Å². The van der Waals surface area contributed by atoms with E-state index >= 15 is 0 Å². The van der Waals surface area contributed by atoms with Crippen LogP contribution >= 0.6 is 0 Å². The minimum atomic E-state index is -1.76. The van der Waals surface area contributed by atoms with Gasteiger partial charge >= 0.3 is 0 Å². The highest BCUT2D eigenvalue weighted by atomic mass is 19.1. The predicted molar refractivity (Wildman–Crippen MR) is 251 cm³/mol. The fraction of sp³-hybridized carbons (Fsp3) is 0.628. The van der Waals surface area contributed by atoms with Crippen LogP contribution in [0.25, 0.3) is 0 Å².